The van der Waals surface area contributed by atoms with Gasteiger partial charge in [-0.3, -0.25) is 4.79 Å². The Bertz CT molecular complexity index is 720. The predicted octanol–water partition coefficient (Wildman–Crippen LogP) is 0.927. The minimum atomic E-state index is -0.162. The highest BCUT2D eigenvalue weighted by atomic mass is 32.1. The number of carbonyl (C=O) groups excluding carboxylic acids is 1. The Kier molecular flexibility index (Phi) is 2.84. The number of hydrogen-bond donors (Lipinski definition) is 3. The molecule has 0 aliphatic rings. The molecule has 0 radical (unpaired) electrons. The van der Waals surface area contributed by atoms with Crippen molar-refractivity contribution in [2.24, 2.45) is 0 Å². The first-order chi connectivity index (χ1) is 9.22. The molecule has 0 bridgehead atoms. The quantitative estimate of drug-likeness (QED) is 0.615. The predicted molar refractivity (Wildman–Crippen MR) is 71.6 cm³/mol. The summed E-state index contributed by atoms with van der Waals surface area (Å²) >= 11 is 1.42. The summed E-state index contributed by atoms with van der Waals surface area (Å²) in [4.78, 5) is 12.6. The fraction of sp³-hybridized carbons (Fsp3) is 0.0909. The summed E-state index contributed by atoms with van der Waals surface area (Å²) < 4.78 is 1.03. The molecule has 19 heavy (non-hydrogen) atoms. The lowest BCUT2D eigenvalue weighted by molar-refractivity contribution is 0.0954. The van der Waals surface area contributed by atoms with Crippen molar-refractivity contribution in [1.82, 2.24) is 25.9 Å². The zero-order valence-electron chi connectivity index (χ0n) is 9.75. The summed E-state index contributed by atoms with van der Waals surface area (Å²) in [6, 6.07) is 7.40. The van der Waals surface area contributed by atoms with Crippen molar-refractivity contribution >= 4 is 33.0 Å². The number of rotatable bonds is 3. The lowest BCUT2D eigenvalue weighted by Crippen LogP contribution is -2.22. The van der Waals surface area contributed by atoms with Gasteiger partial charge in [-0.1, -0.05) is 5.21 Å². The van der Waals surface area contributed by atoms with Crippen LogP contribution in [0, 0.1) is 0 Å². The second-order valence-electron chi connectivity index (χ2n) is 3.92. The molecular formula is C11H10N6OS. The van der Waals surface area contributed by atoms with Gasteiger partial charge in [-0.2, -0.15) is 5.21 Å². The van der Waals surface area contributed by atoms with Crippen molar-refractivity contribution in [2.45, 2.75) is 6.54 Å². The van der Waals surface area contributed by atoms with Crippen LogP contribution in [0.1, 0.15) is 15.5 Å². The number of hydrogen-bond acceptors (Lipinski definition) is 6. The summed E-state index contributed by atoms with van der Waals surface area (Å²) in [6.45, 7) is 0.242. The third-order valence-corrected chi connectivity index (χ3v) is 3.68. The summed E-state index contributed by atoms with van der Waals surface area (Å²) in [5.74, 6) is 0.281. The Morgan fingerprint density at radius 2 is 2.32 bits per heavy atom. The number of amides is 1. The average Bonchev–Trinajstić information content (AvgIpc) is 3.04. The molecule has 8 heteroatoms. The molecule has 0 fully saturated rings. The number of carbonyl (C=O) groups is 1. The largest absolute Gasteiger partial charge is 0.399 e. The van der Waals surface area contributed by atoms with E-state index in [2.05, 4.69) is 25.9 Å². The molecule has 3 aromatic rings. The maximum Gasteiger partial charge on any atom is 0.261 e. The fourth-order valence-electron chi connectivity index (χ4n) is 1.68. The second-order valence-corrected chi connectivity index (χ2v) is 5.00. The number of anilines is 1. The minimum Gasteiger partial charge on any atom is -0.399 e. The summed E-state index contributed by atoms with van der Waals surface area (Å²) in [5, 5.41) is 17.0. The molecule has 2 aromatic heterocycles. The van der Waals surface area contributed by atoms with Crippen molar-refractivity contribution < 1.29 is 4.79 Å². The Morgan fingerprint density at radius 3 is 3.11 bits per heavy atom. The lowest BCUT2D eigenvalue weighted by Gasteiger charge is -1.98. The van der Waals surface area contributed by atoms with E-state index in [4.69, 9.17) is 5.73 Å². The highest BCUT2D eigenvalue weighted by Gasteiger charge is 2.11. The van der Waals surface area contributed by atoms with Crippen LogP contribution in [-0.2, 0) is 6.54 Å². The number of tetrazole rings is 1. The molecule has 4 N–H and O–H groups in total. The van der Waals surface area contributed by atoms with Crippen LogP contribution < -0.4 is 11.1 Å². The van der Waals surface area contributed by atoms with Gasteiger partial charge in [0.2, 0.25) is 0 Å². The van der Waals surface area contributed by atoms with E-state index in [1.807, 2.05) is 24.3 Å². The number of benzene rings is 1. The number of aromatic nitrogens is 4. The van der Waals surface area contributed by atoms with Crippen LogP contribution in [0.4, 0.5) is 5.69 Å². The van der Waals surface area contributed by atoms with Crippen molar-refractivity contribution in [1.29, 1.82) is 0 Å². The van der Waals surface area contributed by atoms with Gasteiger partial charge in [0.1, 0.15) is 0 Å². The van der Waals surface area contributed by atoms with Gasteiger partial charge in [-0.15, -0.1) is 21.5 Å². The van der Waals surface area contributed by atoms with Gasteiger partial charge < -0.3 is 11.1 Å². The van der Waals surface area contributed by atoms with Crippen LogP contribution >= 0.6 is 11.3 Å². The zero-order valence-corrected chi connectivity index (χ0v) is 10.6. The number of thiophene rings is 1. The Balaban J connectivity index is 1.77. The van der Waals surface area contributed by atoms with Crippen LogP contribution in [0.2, 0.25) is 0 Å². The van der Waals surface area contributed by atoms with E-state index in [1.54, 1.807) is 0 Å². The molecule has 0 saturated carbocycles. The molecule has 3 rings (SSSR count). The van der Waals surface area contributed by atoms with E-state index in [-0.39, 0.29) is 12.5 Å². The highest BCUT2D eigenvalue weighted by Crippen LogP contribution is 2.27. The molecule has 1 aromatic carbocycles. The Hall–Kier alpha value is -2.48. The average molecular weight is 274 g/mol. The number of nitrogens with one attached hydrogen (secondary N) is 2. The van der Waals surface area contributed by atoms with E-state index in [1.165, 1.54) is 11.3 Å². The van der Waals surface area contributed by atoms with E-state index in [9.17, 15) is 4.79 Å². The van der Waals surface area contributed by atoms with E-state index in [0.717, 1.165) is 10.1 Å². The molecule has 7 nitrogen and oxygen atoms in total. The summed E-state index contributed by atoms with van der Waals surface area (Å²) in [5.41, 5.74) is 6.39. The maximum atomic E-state index is 12.0. The van der Waals surface area contributed by atoms with Crippen molar-refractivity contribution in [3.05, 3.63) is 35.0 Å². The second kappa shape index (κ2) is 4.65. The normalized spacial score (nSPS) is 10.7. The first-order valence-electron chi connectivity index (χ1n) is 5.52. The van der Waals surface area contributed by atoms with Gasteiger partial charge in [0.25, 0.3) is 5.91 Å². The molecular weight excluding hydrogens is 264 g/mol. The third-order valence-electron chi connectivity index (χ3n) is 2.56. The van der Waals surface area contributed by atoms with Gasteiger partial charge in [0.05, 0.1) is 11.4 Å². The summed E-state index contributed by atoms with van der Waals surface area (Å²) in [7, 11) is 0. The van der Waals surface area contributed by atoms with Crippen LogP contribution in [0.3, 0.4) is 0 Å². The van der Waals surface area contributed by atoms with Crippen LogP contribution in [0.5, 0.6) is 0 Å². The first kappa shape index (κ1) is 11.6. The number of fused-ring (bicyclic) bond motifs is 1. The maximum absolute atomic E-state index is 12.0. The smallest absolute Gasteiger partial charge is 0.261 e. The number of nitrogens with two attached hydrogens (primary N) is 1. The first-order valence-corrected chi connectivity index (χ1v) is 6.33. The Morgan fingerprint density at radius 1 is 1.42 bits per heavy atom. The Labute approximate surface area is 111 Å². The lowest BCUT2D eigenvalue weighted by atomic mass is 10.2. The minimum absolute atomic E-state index is 0.162. The molecule has 96 valence electrons. The van der Waals surface area contributed by atoms with E-state index < -0.39 is 0 Å². The van der Waals surface area contributed by atoms with Gasteiger partial charge in [0.15, 0.2) is 5.82 Å². The number of aromatic amines is 1. The number of nitrogens with zero attached hydrogens (tertiary/aromatic N) is 3. The third kappa shape index (κ3) is 2.38. The molecule has 0 unspecified atom stereocenters. The standard InChI is InChI=1S/C11H10N6OS/c12-7-1-2-8-6(3-7)4-9(19-8)11(18)13-5-10-14-16-17-15-10/h1-4H,5,12H2,(H,13,18)(H,14,15,16,17). The van der Waals surface area contributed by atoms with Gasteiger partial charge >= 0.3 is 0 Å². The summed E-state index contributed by atoms with van der Waals surface area (Å²) in [6.07, 6.45) is 0. The highest BCUT2D eigenvalue weighted by molar-refractivity contribution is 7.20. The van der Waals surface area contributed by atoms with Crippen LogP contribution in [-0.4, -0.2) is 26.5 Å². The molecule has 0 aliphatic heterocycles. The topological polar surface area (TPSA) is 110 Å². The molecule has 1 amide bonds. The van der Waals surface area contributed by atoms with E-state index in [0.29, 0.717) is 16.4 Å². The van der Waals surface area contributed by atoms with Crippen molar-refractivity contribution in [2.75, 3.05) is 5.73 Å². The fourth-order valence-corrected chi connectivity index (χ4v) is 2.64. The van der Waals surface area contributed by atoms with Crippen molar-refractivity contribution in [3.8, 4) is 0 Å². The van der Waals surface area contributed by atoms with Gasteiger partial charge in [0, 0.05) is 10.4 Å². The van der Waals surface area contributed by atoms with Crippen molar-refractivity contribution in [3.63, 3.8) is 0 Å². The number of nitrogen functional groups attached to an aromatic ring is 1. The zero-order chi connectivity index (χ0) is 13.2. The molecule has 0 spiro atoms. The SMILES string of the molecule is Nc1ccc2sc(C(=O)NCc3nn[nH]n3)cc2c1. The van der Waals surface area contributed by atoms with Gasteiger partial charge in [-0.25, -0.2) is 0 Å². The van der Waals surface area contributed by atoms with Crippen LogP contribution in [0.25, 0.3) is 10.1 Å². The van der Waals surface area contributed by atoms with Gasteiger partial charge in [-0.05, 0) is 29.7 Å². The number of H-pyrrole nitrogens is 1. The molecule has 0 aliphatic carbocycles. The van der Waals surface area contributed by atoms with Crippen LogP contribution in [0.15, 0.2) is 24.3 Å². The molecule has 2 heterocycles. The molecule has 0 saturated heterocycles. The monoisotopic (exact) mass is 274 g/mol. The van der Waals surface area contributed by atoms with E-state index >= 15 is 0 Å². The molecule has 0 atom stereocenters.